The van der Waals surface area contributed by atoms with Gasteiger partial charge in [0, 0.05) is 10.2 Å². The van der Waals surface area contributed by atoms with Gasteiger partial charge in [-0.25, -0.2) is 0 Å². The number of amides is 1. The first kappa shape index (κ1) is 12.1. The molecule has 0 spiro atoms. The van der Waals surface area contributed by atoms with Crippen LogP contribution in [-0.2, 0) is 4.79 Å². The second-order valence-corrected chi connectivity index (χ2v) is 5.32. The first-order valence-electron chi connectivity index (χ1n) is 5.56. The Hall–Kier alpha value is -1.34. The maximum atomic E-state index is 12.0. The largest absolute Gasteiger partial charge is 0.325 e. The minimum Gasteiger partial charge on any atom is -0.325 e. The summed E-state index contributed by atoms with van der Waals surface area (Å²) in [5.74, 6) is -0.173. The fourth-order valence-electron chi connectivity index (χ4n) is 1.89. The molecule has 0 saturated heterocycles. The molecular formula is C13H13BrN2O. The summed E-state index contributed by atoms with van der Waals surface area (Å²) in [5.41, 5.74) is 1.01. The Kier molecular flexibility index (Phi) is 3.21. The number of rotatable bonds is 2. The van der Waals surface area contributed by atoms with E-state index in [1.807, 2.05) is 25.1 Å². The normalized spacial score (nSPS) is 16.8. The van der Waals surface area contributed by atoms with Crippen LogP contribution in [0.25, 0.3) is 0 Å². The highest BCUT2D eigenvalue weighted by Gasteiger charge is 2.44. The van der Waals surface area contributed by atoms with E-state index in [0.717, 1.165) is 22.1 Å². The zero-order valence-electron chi connectivity index (χ0n) is 9.59. The van der Waals surface area contributed by atoms with Crippen LogP contribution in [0.2, 0.25) is 0 Å². The molecule has 0 heterocycles. The van der Waals surface area contributed by atoms with Crippen molar-refractivity contribution in [3.63, 3.8) is 0 Å². The van der Waals surface area contributed by atoms with E-state index in [1.165, 1.54) is 0 Å². The molecule has 3 nitrogen and oxygen atoms in total. The van der Waals surface area contributed by atoms with Gasteiger partial charge in [-0.1, -0.05) is 15.9 Å². The molecule has 1 aliphatic rings. The fourth-order valence-corrected chi connectivity index (χ4v) is 2.14. The van der Waals surface area contributed by atoms with E-state index in [2.05, 4.69) is 27.3 Å². The molecule has 2 rings (SSSR count). The van der Waals surface area contributed by atoms with Crippen LogP contribution in [0, 0.1) is 23.7 Å². The minimum absolute atomic E-state index is 0.173. The third-order valence-electron chi connectivity index (χ3n) is 3.27. The molecule has 1 amide bonds. The van der Waals surface area contributed by atoms with E-state index in [9.17, 15) is 4.79 Å². The van der Waals surface area contributed by atoms with E-state index in [0.29, 0.717) is 12.8 Å². The number of carbonyl (C=O) groups is 1. The summed E-state index contributed by atoms with van der Waals surface area (Å²) in [5, 5.41) is 11.9. The summed E-state index contributed by atoms with van der Waals surface area (Å²) in [4.78, 5) is 12.0. The van der Waals surface area contributed by atoms with Gasteiger partial charge in [-0.3, -0.25) is 4.79 Å². The number of aryl methyl sites for hydroxylation is 1. The lowest BCUT2D eigenvalue weighted by Crippen LogP contribution is -2.40. The summed E-state index contributed by atoms with van der Waals surface area (Å²) in [6.45, 7) is 1.96. The molecule has 88 valence electrons. The molecule has 1 fully saturated rings. The number of nitrogens with one attached hydrogen (secondary N) is 1. The zero-order chi connectivity index (χ0) is 12.5. The number of nitrogens with zero attached hydrogens (tertiary/aromatic N) is 1. The van der Waals surface area contributed by atoms with Crippen LogP contribution >= 0.6 is 15.9 Å². The third-order valence-corrected chi connectivity index (χ3v) is 4.16. The lowest BCUT2D eigenvalue weighted by atomic mass is 9.69. The van der Waals surface area contributed by atoms with Gasteiger partial charge in [0.25, 0.3) is 0 Å². The van der Waals surface area contributed by atoms with Crippen LogP contribution < -0.4 is 5.32 Å². The van der Waals surface area contributed by atoms with Gasteiger partial charge in [-0.15, -0.1) is 0 Å². The Morgan fingerprint density at radius 3 is 2.71 bits per heavy atom. The molecule has 0 radical (unpaired) electrons. The Morgan fingerprint density at radius 1 is 1.53 bits per heavy atom. The second kappa shape index (κ2) is 4.50. The number of hydrogen-bond acceptors (Lipinski definition) is 2. The summed E-state index contributed by atoms with van der Waals surface area (Å²) < 4.78 is 1.01. The van der Waals surface area contributed by atoms with E-state index in [-0.39, 0.29) is 5.91 Å². The highest BCUT2D eigenvalue weighted by molar-refractivity contribution is 9.10. The second-order valence-electron chi connectivity index (χ2n) is 4.47. The van der Waals surface area contributed by atoms with Gasteiger partial charge in [0.05, 0.1) is 6.07 Å². The fraction of sp³-hybridized carbons (Fsp3) is 0.385. The van der Waals surface area contributed by atoms with E-state index >= 15 is 0 Å². The lowest BCUT2D eigenvalue weighted by molar-refractivity contribution is -0.126. The molecule has 1 aromatic carbocycles. The van der Waals surface area contributed by atoms with Crippen molar-refractivity contribution in [2.75, 3.05) is 5.32 Å². The van der Waals surface area contributed by atoms with Gasteiger partial charge in [0.15, 0.2) is 0 Å². The van der Waals surface area contributed by atoms with Crippen LogP contribution in [0.4, 0.5) is 5.69 Å². The average Bonchev–Trinajstić information content (AvgIpc) is 2.23. The Balaban J connectivity index is 2.13. The van der Waals surface area contributed by atoms with Crippen LogP contribution in [0.3, 0.4) is 0 Å². The Morgan fingerprint density at radius 2 is 2.24 bits per heavy atom. The molecule has 0 bridgehead atoms. The number of nitriles is 1. The molecule has 1 aliphatic carbocycles. The molecular weight excluding hydrogens is 280 g/mol. The highest BCUT2D eigenvalue weighted by atomic mass is 79.9. The van der Waals surface area contributed by atoms with Gasteiger partial charge >= 0.3 is 0 Å². The van der Waals surface area contributed by atoms with Crippen molar-refractivity contribution in [3.8, 4) is 6.07 Å². The van der Waals surface area contributed by atoms with E-state index in [4.69, 9.17) is 5.26 Å². The van der Waals surface area contributed by atoms with Crippen molar-refractivity contribution in [1.82, 2.24) is 0 Å². The van der Waals surface area contributed by atoms with Gasteiger partial charge in [-0.2, -0.15) is 5.26 Å². The lowest BCUT2D eigenvalue weighted by Gasteiger charge is -2.33. The predicted molar refractivity (Wildman–Crippen MR) is 69.4 cm³/mol. The summed E-state index contributed by atoms with van der Waals surface area (Å²) >= 11 is 3.41. The molecule has 0 atom stereocenters. The summed E-state index contributed by atoms with van der Waals surface area (Å²) in [7, 11) is 0. The zero-order valence-corrected chi connectivity index (χ0v) is 11.2. The van der Waals surface area contributed by atoms with Crippen molar-refractivity contribution in [1.29, 1.82) is 5.26 Å². The molecule has 0 unspecified atom stereocenters. The van der Waals surface area contributed by atoms with E-state index < -0.39 is 5.41 Å². The molecule has 1 saturated carbocycles. The predicted octanol–water partition coefficient (Wildman–Crippen LogP) is 3.39. The van der Waals surface area contributed by atoms with Crippen molar-refractivity contribution >= 4 is 27.5 Å². The first-order valence-corrected chi connectivity index (χ1v) is 6.35. The maximum absolute atomic E-state index is 12.0. The molecule has 17 heavy (non-hydrogen) atoms. The third kappa shape index (κ3) is 2.20. The summed E-state index contributed by atoms with van der Waals surface area (Å²) in [6.07, 6.45) is 2.30. The Labute approximate surface area is 109 Å². The van der Waals surface area contributed by atoms with Gasteiger partial charge in [0.1, 0.15) is 5.41 Å². The standard InChI is InChI=1S/C13H13BrN2O/c1-9-7-10(3-4-11(9)14)16-12(17)13(8-15)5-2-6-13/h3-4,7H,2,5-6H2,1H3,(H,16,17). The van der Waals surface area contributed by atoms with Crippen LogP contribution in [-0.4, -0.2) is 5.91 Å². The number of benzene rings is 1. The quantitative estimate of drug-likeness (QED) is 0.908. The SMILES string of the molecule is Cc1cc(NC(=O)C2(C#N)CCC2)ccc1Br. The topological polar surface area (TPSA) is 52.9 Å². The van der Waals surface area contributed by atoms with E-state index in [1.54, 1.807) is 0 Å². The molecule has 1 N–H and O–H groups in total. The number of hydrogen-bond donors (Lipinski definition) is 1. The maximum Gasteiger partial charge on any atom is 0.244 e. The van der Waals surface area contributed by atoms with Crippen molar-refractivity contribution in [3.05, 3.63) is 28.2 Å². The van der Waals surface area contributed by atoms with Gasteiger partial charge in [-0.05, 0) is 49.9 Å². The van der Waals surface area contributed by atoms with Crippen molar-refractivity contribution < 1.29 is 4.79 Å². The monoisotopic (exact) mass is 292 g/mol. The van der Waals surface area contributed by atoms with Gasteiger partial charge < -0.3 is 5.32 Å². The van der Waals surface area contributed by atoms with Gasteiger partial charge in [0.2, 0.25) is 5.91 Å². The highest BCUT2D eigenvalue weighted by Crippen LogP contribution is 2.41. The van der Waals surface area contributed by atoms with Crippen LogP contribution in [0.15, 0.2) is 22.7 Å². The Bertz CT molecular complexity index is 501. The van der Waals surface area contributed by atoms with Crippen molar-refractivity contribution in [2.24, 2.45) is 5.41 Å². The molecule has 0 aliphatic heterocycles. The van der Waals surface area contributed by atoms with Crippen LogP contribution in [0.1, 0.15) is 24.8 Å². The minimum atomic E-state index is -0.791. The number of carbonyl (C=O) groups excluding carboxylic acids is 1. The molecule has 1 aromatic rings. The summed E-state index contributed by atoms with van der Waals surface area (Å²) in [6, 6.07) is 7.76. The van der Waals surface area contributed by atoms with Crippen LogP contribution in [0.5, 0.6) is 0 Å². The first-order chi connectivity index (χ1) is 8.07. The smallest absolute Gasteiger partial charge is 0.244 e. The molecule has 4 heteroatoms. The number of halogens is 1. The number of anilines is 1. The molecule has 0 aromatic heterocycles. The average molecular weight is 293 g/mol. The van der Waals surface area contributed by atoms with Crippen molar-refractivity contribution in [2.45, 2.75) is 26.2 Å².